The van der Waals surface area contributed by atoms with Gasteiger partial charge in [-0.25, -0.2) is 4.79 Å². The maximum atomic E-state index is 11.0. The topological polar surface area (TPSA) is 52.6 Å². The molecule has 2 aliphatic heterocycles. The first kappa shape index (κ1) is 9.52. The number of hydrogen-bond donors (Lipinski definition) is 2. The van der Waals surface area contributed by atoms with E-state index in [0.717, 1.165) is 19.4 Å². The van der Waals surface area contributed by atoms with Gasteiger partial charge in [-0.1, -0.05) is 12.2 Å². The zero-order valence-corrected chi connectivity index (χ0v) is 8.31. The summed E-state index contributed by atoms with van der Waals surface area (Å²) in [5, 5.41) is 12.5. The van der Waals surface area contributed by atoms with Gasteiger partial charge < -0.3 is 10.4 Å². The number of piperazine rings is 1. The van der Waals surface area contributed by atoms with Gasteiger partial charge in [0, 0.05) is 18.6 Å². The Kier molecular flexibility index (Phi) is 2.46. The van der Waals surface area contributed by atoms with Crippen molar-refractivity contribution in [3.05, 3.63) is 12.2 Å². The minimum atomic E-state index is -0.770. The Labute approximate surface area is 83.6 Å². The van der Waals surface area contributed by atoms with Gasteiger partial charge in [-0.3, -0.25) is 4.90 Å². The first-order chi connectivity index (χ1) is 6.74. The summed E-state index contributed by atoms with van der Waals surface area (Å²) in [4.78, 5) is 12.7. The highest BCUT2D eigenvalue weighted by Gasteiger charge is 2.43. The average Bonchev–Trinajstić information content (AvgIpc) is 2.47. The quantitative estimate of drug-likeness (QED) is 0.616. The van der Waals surface area contributed by atoms with Crippen LogP contribution in [0.5, 0.6) is 0 Å². The zero-order valence-electron chi connectivity index (χ0n) is 8.31. The number of carbonyl (C=O) groups is 1. The fourth-order valence-electron chi connectivity index (χ4n) is 2.57. The Balaban J connectivity index is 2.17. The molecule has 0 aromatic rings. The summed E-state index contributed by atoms with van der Waals surface area (Å²) >= 11 is 0. The van der Waals surface area contributed by atoms with E-state index >= 15 is 0 Å². The van der Waals surface area contributed by atoms with E-state index in [9.17, 15) is 4.79 Å². The summed E-state index contributed by atoms with van der Waals surface area (Å²) in [6.07, 6.45) is 5.25. The first-order valence-electron chi connectivity index (χ1n) is 5.11. The molecular weight excluding hydrogens is 180 g/mol. The zero-order chi connectivity index (χ0) is 10.1. The molecule has 14 heavy (non-hydrogen) atoms. The summed E-state index contributed by atoms with van der Waals surface area (Å²) in [6.45, 7) is 2.76. The fourth-order valence-corrected chi connectivity index (χ4v) is 2.57. The van der Waals surface area contributed by atoms with Crippen molar-refractivity contribution < 1.29 is 9.90 Å². The molecule has 0 aromatic heterocycles. The van der Waals surface area contributed by atoms with Crippen LogP contribution < -0.4 is 5.32 Å². The monoisotopic (exact) mass is 196 g/mol. The van der Waals surface area contributed by atoms with E-state index < -0.39 is 6.09 Å². The van der Waals surface area contributed by atoms with E-state index in [4.69, 9.17) is 5.11 Å². The Morgan fingerprint density at radius 3 is 3.00 bits per heavy atom. The van der Waals surface area contributed by atoms with Gasteiger partial charge in [0.05, 0.1) is 6.04 Å². The molecule has 4 heteroatoms. The molecule has 2 rings (SSSR count). The summed E-state index contributed by atoms with van der Waals surface area (Å²) in [5.41, 5.74) is 0. The van der Waals surface area contributed by atoms with Crippen LogP contribution in [0, 0.1) is 0 Å². The standard InChI is InChI=1S/C10H16N2O2/c1-2-3-8-9-5-4-7(6-11-8)12(9)10(13)14/h2-3,7-9,11H,4-6H2,1H3,(H,13,14)/b3-2-/t7-,8-,9+/m1/s1. The predicted octanol–water partition coefficient (Wildman–Crippen LogP) is 1.05. The molecule has 2 bridgehead atoms. The SMILES string of the molecule is C/C=C\[C@H]1NC[C@H]2CC[C@@H]1N2C(=O)O. The van der Waals surface area contributed by atoms with Gasteiger partial charge in [-0.05, 0) is 19.8 Å². The number of hydrogen-bond acceptors (Lipinski definition) is 2. The number of amides is 1. The van der Waals surface area contributed by atoms with E-state index in [-0.39, 0.29) is 18.1 Å². The second kappa shape index (κ2) is 3.61. The van der Waals surface area contributed by atoms with Crippen molar-refractivity contribution in [2.75, 3.05) is 6.54 Å². The maximum absolute atomic E-state index is 11.0. The molecule has 0 radical (unpaired) electrons. The van der Waals surface area contributed by atoms with Crippen LogP contribution >= 0.6 is 0 Å². The third-order valence-corrected chi connectivity index (χ3v) is 3.17. The molecule has 2 fully saturated rings. The highest BCUT2D eigenvalue weighted by molar-refractivity contribution is 5.67. The Morgan fingerprint density at radius 2 is 2.36 bits per heavy atom. The number of allylic oxidation sites excluding steroid dienone is 1. The summed E-state index contributed by atoms with van der Waals surface area (Å²) in [5.74, 6) is 0. The van der Waals surface area contributed by atoms with Crippen molar-refractivity contribution in [2.45, 2.75) is 37.9 Å². The smallest absolute Gasteiger partial charge is 0.407 e. The number of fused-ring (bicyclic) bond motifs is 2. The van der Waals surface area contributed by atoms with E-state index in [1.165, 1.54) is 0 Å². The van der Waals surface area contributed by atoms with Crippen molar-refractivity contribution in [3.63, 3.8) is 0 Å². The van der Waals surface area contributed by atoms with Gasteiger partial charge in [-0.2, -0.15) is 0 Å². The molecule has 78 valence electrons. The van der Waals surface area contributed by atoms with Crippen LogP contribution in [0.2, 0.25) is 0 Å². The van der Waals surface area contributed by atoms with Gasteiger partial charge in [0.25, 0.3) is 0 Å². The van der Waals surface area contributed by atoms with Crippen LogP contribution in [-0.4, -0.2) is 40.8 Å². The minimum absolute atomic E-state index is 0.141. The largest absolute Gasteiger partial charge is 0.465 e. The lowest BCUT2D eigenvalue weighted by atomic mass is 10.1. The molecule has 2 aliphatic rings. The summed E-state index contributed by atoms with van der Waals surface area (Å²) < 4.78 is 0. The van der Waals surface area contributed by atoms with Crippen LogP contribution in [0.25, 0.3) is 0 Å². The lowest BCUT2D eigenvalue weighted by molar-refractivity contribution is 0.0989. The van der Waals surface area contributed by atoms with Crippen LogP contribution in [-0.2, 0) is 0 Å². The van der Waals surface area contributed by atoms with Crippen LogP contribution in [0.15, 0.2) is 12.2 Å². The molecule has 1 amide bonds. The molecule has 2 saturated heterocycles. The van der Waals surface area contributed by atoms with Gasteiger partial charge in [0.1, 0.15) is 0 Å². The Bertz CT molecular complexity index is 265. The van der Waals surface area contributed by atoms with Gasteiger partial charge in [0.2, 0.25) is 0 Å². The van der Waals surface area contributed by atoms with Crippen molar-refractivity contribution in [1.29, 1.82) is 0 Å². The number of carboxylic acid groups (broad SMARTS) is 1. The lowest BCUT2D eigenvalue weighted by Gasteiger charge is -2.37. The highest BCUT2D eigenvalue weighted by Crippen LogP contribution is 2.30. The molecule has 4 nitrogen and oxygen atoms in total. The van der Waals surface area contributed by atoms with E-state index in [1.807, 2.05) is 13.0 Å². The number of nitrogens with one attached hydrogen (secondary N) is 1. The Morgan fingerprint density at radius 1 is 1.57 bits per heavy atom. The molecular formula is C10H16N2O2. The van der Waals surface area contributed by atoms with Crippen molar-refractivity contribution >= 4 is 6.09 Å². The number of nitrogens with zero attached hydrogens (tertiary/aromatic N) is 1. The van der Waals surface area contributed by atoms with Crippen LogP contribution in [0.3, 0.4) is 0 Å². The predicted molar refractivity (Wildman–Crippen MR) is 53.3 cm³/mol. The fraction of sp³-hybridized carbons (Fsp3) is 0.700. The third-order valence-electron chi connectivity index (χ3n) is 3.17. The van der Waals surface area contributed by atoms with Gasteiger partial charge in [-0.15, -0.1) is 0 Å². The van der Waals surface area contributed by atoms with E-state index in [2.05, 4.69) is 11.4 Å². The van der Waals surface area contributed by atoms with Crippen molar-refractivity contribution in [1.82, 2.24) is 10.2 Å². The lowest BCUT2D eigenvalue weighted by Crippen LogP contribution is -2.58. The molecule has 0 spiro atoms. The third kappa shape index (κ3) is 1.39. The van der Waals surface area contributed by atoms with Crippen LogP contribution in [0.1, 0.15) is 19.8 Å². The molecule has 0 aliphatic carbocycles. The molecule has 2 N–H and O–H groups in total. The average molecular weight is 196 g/mol. The van der Waals surface area contributed by atoms with Crippen LogP contribution in [0.4, 0.5) is 4.79 Å². The van der Waals surface area contributed by atoms with Crippen molar-refractivity contribution in [2.24, 2.45) is 0 Å². The Hall–Kier alpha value is -1.03. The summed E-state index contributed by atoms with van der Waals surface area (Å²) in [6, 6.07) is 0.538. The molecule has 2 heterocycles. The van der Waals surface area contributed by atoms with Crippen molar-refractivity contribution in [3.8, 4) is 0 Å². The van der Waals surface area contributed by atoms with Gasteiger partial charge in [0.15, 0.2) is 0 Å². The number of rotatable bonds is 1. The molecule has 0 saturated carbocycles. The van der Waals surface area contributed by atoms with E-state index in [1.54, 1.807) is 4.90 Å². The maximum Gasteiger partial charge on any atom is 0.407 e. The van der Waals surface area contributed by atoms with E-state index in [0.29, 0.717) is 0 Å². The minimum Gasteiger partial charge on any atom is -0.465 e. The summed E-state index contributed by atoms with van der Waals surface area (Å²) in [7, 11) is 0. The molecule has 0 aromatic carbocycles. The first-order valence-corrected chi connectivity index (χ1v) is 5.11. The second-order valence-electron chi connectivity index (χ2n) is 3.95. The van der Waals surface area contributed by atoms with Gasteiger partial charge >= 0.3 is 6.09 Å². The highest BCUT2D eigenvalue weighted by atomic mass is 16.4. The molecule has 0 unspecified atom stereocenters. The normalized spacial score (nSPS) is 36.6. The second-order valence-corrected chi connectivity index (χ2v) is 3.95. The molecule has 3 atom stereocenters.